The van der Waals surface area contributed by atoms with Gasteiger partial charge in [-0.15, -0.1) is 0 Å². The molecule has 1 fully saturated rings. The molecule has 1 saturated heterocycles. The molecule has 0 aliphatic carbocycles. The standard InChI is InChI=1S/C24H22F3N7O2/c1-36-17-11-13(4-5-15(17)23(35)32-18-12-14(6-8-30-18)24(25,26)27)19-20-21(28)31-9-10-34(20)22(33-19)16-3-2-7-29-16/h4-6,8-12,16,29H,2-3,7H2,1H3,(H2,28,31)(H,30,32,35)/t16-/m0/s1. The van der Waals surface area contributed by atoms with Gasteiger partial charge in [-0.05, 0) is 43.7 Å². The number of aromatic nitrogens is 4. The molecule has 0 bridgehead atoms. The van der Waals surface area contributed by atoms with E-state index in [-0.39, 0.29) is 23.2 Å². The molecule has 186 valence electrons. The molecule has 1 amide bonds. The van der Waals surface area contributed by atoms with Crippen molar-refractivity contribution in [1.29, 1.82) is 0 Å². The summed E-state index contributed by atoms with van der Waals surface area (Å²) >= 11 is 0. The van der Waals surface area contributed by atoms with Crippen molar-refractivity contribution in [2.45, 2.75) is 25.1 Å². The van der Waals surface area contributed by atoms with Gasteiger partial charge in [0, 0.05) is 24.2 Å². The van der Waals surface area contributed by atoms with E-state index in [1.807, 2.05) is 4.40 Å². The number of hydrogen-bond donors (Lipinski definition) is 3. The second-order valence-corrected chi connectivity index (χ2v) is 8.30. The van der Waals surface area contributed by atoms with Gasteiger partial charge in [-0.1, -0.05) is 6.07 Å². The van der Waals surface area contributed by atoms with Crippen LogP contribution in [0.4, 0.5) is 24.8 Å². The Morgan fingerprint density at radius 3 is 2.78 bits per heavy atom. The van der Waals surface area contributed by atoms with Gasteiger partial charge < -0.3 is 21.1 Å². The second-order valence-electron chi connectivity index (χ2n) is 8.30. The third-order valence-electron chi connectivity index (χ3n) is 6.03. The molecule has 1 aliphatic rings. The number of methoxy groups -OCH3 is 1. The number of imidazole rings is 1. The fraction of sp³-hybridized carbons (Fsp3) is 0.250. The number of carbonyl (C=O) groups excluding carboxylic acids is 1. The maximum atomic E-state index is 13.0. The highest BCUT2D eigenvalue weighted by molar-refractivity contribution is 6.06. The van der Waals surface area contributed by atoms with Crippen molar-refractivity contribution >= 4 is 23.1 Å². The number of nitrogen functional groups attached to an aromatic ring is 1. The number of pyridine rings is 1. The average Bonchev–Trinajstić information content (AvgIpc) is 3.52. The predicted octanol–water partition coefficient (Wildman–Crippen LogP) is 4.08. The summed E-state index contributed by atoms with van der Waals surface area (Å²) in [5.74, 6) is 0.426. The number of amides is 1. The first-order valence-corrected chi connectivity index (χ1v) is 11.1. The molecule has 0 saturated carbocycles. The number of benzene rings is 1. The van der Waals surface area contributed by atoms with Crippen LogP contribution >= 0.6 is 0 Å². The lowest BCUT2D eigenvalue weighted by molar-refractivity contribution is -0.137. The normalized spacial score (nSPS) is 15.8. The van der Waals surface area contributed by atoms with Crippen LogP contribution in [0.15, 0.2) is 48.9 Å². The monoisotopic (exact) mass is 497 g/mol. The number of halogens is 3. The van der Waals surface area contributed by atoms with Crippen LogP contribution in [0.3, 0.4) is 0 Å². The summed E-state index contributed by atoms with van der Waals surface area (Å²) < 4.78 is 46.4. The van der Waals surface area contributed by atoms with Crippen molar-refractivity contribution in [1.82, 2.24) is 24.7 Å². The molecule has 0 unspecified atom stereocenters. The van der Waals surface area contributed by atoms with Crippen LogP contribution < -0.4 is 21.1 Å². The van der Waals surface area contributed by atoms with Gasteiger partial charge in [-0.3, -0.25) is 9.20 Å². The second kappa shape index (κ2) is 9.11. The van der Waals surface area contributed by atoms with E-state index in [0.29, 0.717) is 22.6 Å². The van der Waals surface area contributed by atoms with Crippen molar-refractivity contribution in [2.24, 2.45) is 0 Å². The van der Waals surface area contributed by atoms with Crippen LogP contribution in [-0.2, 0) is 6.18 Å². The van der Waals surface area contributed by atoms with Crippen molar-refractivity contribution in [3.05, 3.63) is 65.9 Å². The average molecular weight is 497 g/mol. The van der Waals surface area contributed by atoms with Crippen LogP contribution in [0.5, 0.6) is 5.75 Å². The van der Waals surface area contributed by atoms with Crippen molar-refractivity contribution in [3.63, 3.8) is 0 Å². The molecule has 12 heteroatoms. The van der Waals surface area contributed by atoms with E-state index in [2.05, 4.69) is 20.6 Å². The molecule has 9 nitrogen and oxygen atoms in total. The van der Waals surface area contributed by atoms with E-state index in [9.17, 15) is 18.0 Å². The zero-order valence-electron chi connectivity index (χ0n) is 19.1. The number of hydrogen-bond acceptors (Lipinski definition) is 7. The highest BCUT2D eigenvalue weighted by Gasteiger charge is 2.31. The van der Waals surface area contributed by atoms with Crippen molar-refractivity contribution < 1.29 is 22.7 Å². The Balaban J connectivity index is 1.51. The number of fused-ring (bicyclic) bond motifs is 1. The summed E-state index contributed by atoms with van der Waals surface area (Å²) in [6, 6.07) is 6.50. The third-order valence-corrected chi connectivity index (χ3v) is 6.03. The fourth-order valence-electron chi connectivity index (χ4n) is 4.32. The molecule has 1 aromatic carbocycles. The molecular weight excluding hydrogens is 475 g/mol. The van der Waals surface area contributed by atoms with Gasteiger partial charge in [0.05, 0.1) is 24.3 Å². The SMILES string of the molecule is COc1cc(-c2nc([C@@H]3CCCN3)n3ccnc(N)c23)ccc1C(=O)Nc1cc(C(F)(F)F)ccn1. The van der Waals surface area contributed by atoms with E-state index in [1.54, 1.807) is 24.5 Å². The Kier molecular flexibility index (Phi) is 5.96. The zero-order valence-corrected chi connectivity index (χ0v) is 19.1. The van der Waals surface area contributed by atoms with E-state index in [1.165, 1.54) is 13.2 Å². The number of rotatable bonds is 5. The molecule has 0 spiro atoms. The minimum atomic E-state index is -4.56. The van der Waals surface area contributed by atoms with Crippen LogP contribution in [0.1, 0.15) is 40.6 Å². The van der Waals surface area contributed by atoms with Gasteiger partial charge in [0.2, 0.25) is 0 Å². The molecule has 5 rings (SSSR count). The molecule has 0 radical (unpaired) electrons. The van der Waals surface area contributed by atoms with E-state index in [4.69, 9.17) is 15.5 Å². The largest absolute Gasteiger partial charge is 0.496 e. The van der Waals surface area contributed by atoms with Crippen LogP contribution in [0, 0.1) is 0 Å². The molecule has 4 heterocycles. The molecule has 36 heavy (non-hydrogen) atoms. The Bertz CT molecular complexity index is 1450. The number of nitrogens with one attached hydrogen (secondary N) is 2. The summed E-state index contributed by atoms with van der Waals surface area (Å²) in [5, 5.41) is 5.83. The Hall–Kier alpha value is -4.19. The summed E-state index contributed by atoms with van der Waals surface area (Å²) in [4.78, 5) is 25.8. The first-order valence-electron chi connectivity index (χ1n) is 11.1. The summed E-state index contributed by atoms with van der Waals surface area (Å²) in [6.45, 7) is 0.897. The number of nitrogens with two attached hydrogens (primary N) is 1. The number of anilines is 2. The first kappa shape index (κ1) is 23.5. The van der Waals surface area contributed by atoms with Gasteiger partial charge in [0.25, 0.3) is 5.91 Å². The molecule has 1 atom stereocenters. The number of nitrogens with zero attached hydrogens (tertiary/aromatic N) is 4. The molecule has 4 aromatic rings. The number of carbonyl (C=O) groups is 1. The van der Waals surface area contributed by atoms with Crippen molar-refractivity contribution in [3.8, 4) is 17.0 Å². The predicted molar refractivity (Wildman–Crippen MR) is 127 cm³/mol. The number of ether oxygens (including phenoxy) is 1. The highest BCUT2D eigenvalue weighted by Crippen LogP contribution is 2.35. The van der Waals surface area contributed by atoms with E-state index < -0.39 is 17.6 Å². The fourth-order valence-corrected chi connectivity index (χ4v) is 4.32. The summed E-state index contributed by atoms with van der Waals surface area (Å²) in [5.41, 5.74) is 7.26. The highest BCUT2D eigenvalue weighted by atomic mass is 19.4. The van der Waals surface area contributed by atoms with E-state index in [0.717, 1.165) is 43.5 Å². The number of alkyl halides is 3. The van der Waals surface area contributed by atoms with Gasteiger partial charge in [0.15, 0.2) is 0 Å². The first-order chi connectivity index (χ1) is 17.3. The smallest absolute Gasteiger partial charge is 0.416 e. The molecule has 3 aromatic heterocycles. The van der Waals surface area contributed by atoms with Crippen LogP contribution in [0.25, 0.3) is 16.8 Å². The molecular formula is C24H22F3N7O2. The lowest BCUT2D eigenvalue weighted by Gasteiger charge is -2.12. The van der Waals surface area contributed by atoms with Crippen LogP contribution in [0.2, 0.25) is 0 Å². The summed E-state index contributed by atoms with van der Waals surface area (Å²) in [7, 11) is 1.40. The maximum absolute atomic E-state index is 13.0. The quantitative estimate of drug-likeness (QED) is 0.380. The maximum Gasteiger partial charge on any atom is 0.416 e. The van der Waals surface area contributed by atoms with Gasteiger partial charge in [0.1, 0.15) is 34.4 Å². The molecule has 4 N–H and O–H groups in total. The zero-order chi connectivity index (χ0) is 25.4. The summed E-state index contributed by atoms with van der Waals surface area (Å²) in [6.07, 6.45) is 1.82. The third kappa shape index (κ3) is 4.31. The van der Waals surface area contributed by atoms with Gasteiger partial charge in [-0.25, -0.2) is 15.0 Å². The van der Waals surface area contributed by atoms with Crippen molar-refractivity contribution in [2.75, 3.05) is 24.7 Å². The Labute approximate surface area is 203 Å². The lowest BCUT2D eigenvalue weighted by Crippen LogP contribution is -2.16. The lowest BCUT2D eigenvalue weighted by atomic mass is 10.1. The Morgan fingerprint density at radius 2 is 2.06 bits per heavy atom. The topological polar surface area (TPSA) is 119 Å². The van der Waals surface area contributed by atoms with Gasteiger partial charge in [-0.2, -0.15) is 13.2 Å². The van der Waals surface area contributed by atoms with Crippen LogP contribution in [-0.4, -0.2) is 38.9 Å². The Morgan fingerprint density at radius 1 is 1.22 bits per heavy atom. The van der Waals surface area contributed by atoms with E-state index >= 15 is 0 Å². The molecule has 1 aliphatic heterocycles. The minimum Gasteiger partial charge on any atom is -0.496 e. The van der Waals surface area contributed by atoms with Gasteiger partial charge >= 0.3 is 6.18 Å². The minimum absolute atomic E-state index is 0.0694.